The third-order valence-corrected chi connectivity index (χ3v) is 6.39. The van der Waals surface area contributed by atoms with Crippen LogP contribution in [0.3, 0.4) is 0 Å². The van der Waals surface area contributed by atoms with Crippen molar-refractivity contribution in [3.8, 4) is 23.6 Å². The van der Waals surface area contributed by atoms with E-state index in [0.29, 0.717) is 21.5 Å². The van der Waals surface area contributed by atoms with Crippen LogP contribution in [0.1, 0.15) is 23.6 Å². The lowest BCUT2D eigenvalue weighted by Gasteiger charge is -2.08. The number of aryl methyl sites for hydroxylation is 1. The van der Waals surface area contributed by atoms with Crippen molar-refractivity contribution in [2.45, 2.75) is 20.0 Å². The molecule has 0 unspecified atom stereocenters. The molecule has 4 rings (SSSR count). The van der Waals surface area contributed by atoms with Crippen LogP contribution in [0.4, 0.5) is 0 Å². The van der Waals surface area contributed by atoms with E-state index in [4.69, 9.17) is 4.74 Å². The molecule has 0 amide bonds. The Morgan fingerprint density at radius 1 is 0.971 bits per heavy atom. The molecule has 0 atom stereocenters. The Balaban J connectivity index is 1.75. The summed E-state index contributed by atoms with van der Waals surface area (Å²) < 4.78 is 8.10. The van der Waals surface area contributed by atoms with Gasteiger partial charge in [0.1, 0.15) is 29.2 Å². The standard InChI is InChI=1S/C28H21N3O2S/c1-2-22-10-6-7-11-25(22)31-27(32)26(34-28(31)23(17-29)18-30)16-20-12-14-24(15-13-20)33-19-21-8-4-3-5-9-21/h3-16H,2,19H2,1H3/b26-16+. The maximum Gasteiger partial charge on any atom is 0.273 e. The van der Waals surface area contributed by atoms with Gasteiger partial charge >= 0.3 is 0 Å². The minimum atomic E-state index is -0.256. The second-order valence-corrected chi connectivity index (χ2v) is 8.51. The van der Waals surface area contributed by atoms with Crippen molar-refractivity contribution in [3.63, 3.8) is 0 Å². The van der Waals surface area contributed by atoms with Gasteiger partial charge in [-0.2, -0.15) is 10.5 Å². The van der Waals surface area contributed by atoms with Crippen LogP contribution in [0.15, 0.2) is 83.7 Å². The molecule has 5 nitrogen and oxygen atoms in total. The number of thiazole rings is 1. The third kappa shape index (κ3) is 4.83. The highest BCUT2D eigenvalue weighted by Crippen LogP contribution is 2.15. The van der Waals surface area contributed by atoms with Crippen LogP contribution >= 0.6 is 11.3 Å². The molecule has 0 fully saturated rings. The molecular formula is C28H21N3O2S. The van der Waals surface area contributed by atoms with Crippen LogP contribution in [0.2, 0.25) is 0 Å². The summed E-state index contributed by atoms with van der Waals surface area (Å²) in [5.41, 5.74) is 3.21. The summed E-state index contributed by atoms with van der Waals surface area (Å²) in [7, 11) is 0. The number of para-hydroxylation sites is 1. The van der Waals surface area contributed by atoms with Gasteiger partial charge in [0.05, 0.1) is 10.2 Å². The highest BCUT2D eigenvalue weighted by atomic mass is 32.1. The highest BCUT2D eigenvalue weighted by Gasteiger charge is 2.13. The van der Waals surface area contributed by atoms with Crippen molar-refractivity contribution >= 4 is 23.0 Å². The summed E-state index contributed by atoms with van der Waals surface area (Å²) in [6, 6.07) is 28.8. The molecule has 6 heteroatoms. The Hall–Kier alpha value is -4.39. The molecule has 0 aliphatic rings. The SMILES string of the molecule is CCc1ccccc1-n1c(=C(C#N)C#N)s/c(=C/c2ccc(OCc3ccccc3)cc2)c1=O. The first-order valence-corrected chi connectivity index (χ1v) is 11.6. The number of benzene rings is 3. The summed E-state index contributed by atoms with van der Waals surface area (Å²) in [4.78, 5) is 13.4. The fourth-order valence-electron chi connectivity index (χ4n) is 3.57. The zero-order chi connectivity index (χ0) is 23.9. The van der Waals surface area contributed by atoms with Crippen LogP contribution in [0, 0.1) is 22.7 Å². The lowest BCUT2D eigenvalue weighted by molar-refractivity contribution is 0.306. The smallest absolute Gasteiger partial charge is 0.273 e. The van der Waals surface area contributed by atoms with Crippen molar-refractivity contribution in [1.82, 2.24) is 4.57 Å². The lowest BCUT2D eigenvalue weighted by Crippen LogP contribution is -2.31. The molecule has 4 aromatic rings. The van der Waals surface area contributed by atoms with Gasteiger partial charge in [-0.05, 0) is 47.4 Å². The van der Waals surface area contributed by atoms with E-state index in [1.54, 1.807) is 6.08 Å². The van der Waals surface area contributed by atoms with E-state index in [1.807, 2.05) is 97.9 Å². The topological polar surface area (TPSA) is 78.8 Å². The monoisotopic (exact) mass is 463 g/mol. The van der Waals surface area contributed by atoms with E-state index in [2.05, 4.69) is 0 Å². The third-order valence-electron chi connectivity index (χ3n) is 5.30. The average molecular weight is 464 g/mol. The first-order chi connectivity index (χ1) is 16.6. The molecule has 1 heterocycles. The van der Waals surface area contributed by atoms with E-state index in [-0.39, 0.29) is 11.1 Å². The normalized spacial score (nSPS) is 11.0. The van der Waals surface area contributed by atoms with E-state index >= 15 is 0 Å². The summed E-state index contributed by atoms with van der Waals surface area (Å²) in [6.07, 6.45) is 2.49. The summed E-state index contributed by atoms with van der Waals surface area (Å²) in [5.74, 6) is 0.728. The zero-order valence-corrected chi connectivity index (χ0v) is 19.4. The Kier molecular flexibility index (Phi) is 7.03. The number of nitrogens with zero attached hydrogens (tertiary/aromatic N) is 3. The first kappa shape index (κ1) is 22.8. The number of nitriles is 2. The Labute approximate surface area is 201 Å². The molecular weight excluding hydrogens is 442 g/mol. The second-order valence-electron chi connectivity index (χ2n) is 7.48. The van der Waals surface area contributed by atoms with Crippen molar-refractivity contribution < 1.29 is 4.74 Å². The van der Waals surface area contributed by atoms with Crippen molar-refractivity contribution in [3.05, 3.63) is 115 Å². The summed E-state index contributed by atoms with van der Waals surface area (Å²) >= 11 is 1.15. The average Bonchev–Trinajstić information content (AvgIpc) is 3.20. The van der Waals surface area contributed by atoms with E-state index < -0.39 is 0 Å². The van der Waals surface area contributed by atoms with Gasteiger partial charge in [-0.25, -0.2) is 0 Å². The fraction of sp³-hybridized carbons (Fsp3) is 0.107. The molecule has 1 aromatic heterocycles. The van der Waals surface area contributed by atoms with E-state index in [9.17, 15) is 15.3 Å². The predicted molar refractivity (Wildman–Crippen MR) is 134 cm³/mol. The molecule has 0 radical (unpaired) electrons. The van der Waals surface area contributed by atoms with Crippen molar-refractivity contribution in [1.29, 1.82) is 10.5 Å². The molecule has 0 aliphatic heterocycles. The maximum atomic E-state index is 13.4. The first-order valence-electron chi connectivity index (χ1n) is 10.8. The molecule has 0 N–H and O–H groups in total. The number of hydrogen-bond acceptors (Lipinski definition) is 5. The van der Waals surface area contributed by atoms with Crippen LogP contribution in [-0.4, -0.2) is 4.57 Å². The van der Waals surface area contributed by atoms with Crippen molar-refractivity contribution in [2.24, 2.45) is 0 Å². The van der Waals surface area contributed by atoms with Gasteiger partial charge in [-0.3, -0.25) is 9.36 Å². The number of ether oxygens (including phenoxy) is 1. The minimum Gasteiger partial charge on any atom is -0.489 e. The molecule has 166 valence electrons. The van der Waals surface area contributed by atoms with Crippen molar-refractivity contribution in [2.75, 3.05) is 0 Å². The van der Waals surface area contributed by atoms with Crippen LogP contribution in [-0.2, 0) is 13.0 Å². The van der Waals surface area contributed by atoms with Gasteiger partial charge in [0.25, 0.3) is 5.56 Å². The maximum absolute atomic E-state index is 13.4. The second kappa shape index (κ2) is 10.5. The van der Waals surface area contributed by atoms with Gasteiger partial charge < -0.3 is 4.74 Å². The predicted octanol–water partition coefficient (Wildman–Crippen LogP) is 4.07. The Morgan fingerprint density at radius 3 is 2.32 bits per heavy atom. The summed E-state index contributed by atoms with van der Waals surface area (Å²) in [6.45, 7) is 2.48. The minimum absolute atomic E-state index is 0.0858. The van der Waals surface area contributed by atoms with Crippen LogP contribution in [0.5, 0.6) is 5.75 Å². The van der Waals surface area contributed by atoms with Gasteiger partial charge in [0.15, 0.2) is 5.57 Å². The molecule has 0 aliphatic carbocycles. The Morgan fingerprint density at radius 2 is 1.65 bits per heavy atom. The molecule has 0 bridgehead atoms. The van der Waals surface area contributed by atoms with Gasteiger partial charge in [-0.15, -0.1) is 11.3 Å². The van der Waals surface area contributed by atoms with Crippen LogP contribution in [0.25, 0.3) is 17.3 Å². The molecule has 3 aromatic carbocycles. The van der Waals surface area contributed by atoms with E-state index in [1.165, 1.54) is 4.57 Å². The number of aromatic nitrogens is 1. The summed E-state index contributed by atoms with van der Waals surface area (Å²) in [5, 5.41) is 19.0. The lowest BCUT2D eigenvalue weighted by atomic mass is 10.1. The fourth-order valence-corrected chi connectivity index (χ4v) is 4.62. The van der Waals surface area contributed by atoms with Gasteiger partial charge in [0, 0.05) is 0 Å². The molecule has 34 heavy (non-hydrogen) atoms. The number of hydrogen-bond donors (Lipinski definition) is 0. The van der Waals surface area contributed by atoms with Gasteiger partial charge in [-0.1, -0.05) is 67.6 Å². The number of rotatable bonds is 6. The molecule has 0 saturated carbocycles. The highest BCUT2D eigenvalue weighted by molar-refractivity contribution is 7.07. The van der Waals surface area contributed by atoms with Gasteiger partial charge in [0.2, 0.25) is 0 Å². The largest absolute Gasteiger partial charge is 0.489 e. The molecule has 0 spiro atoms. The van der Waals surface area contributed by atoms with E-state index in [0.717, 1.165) is 40.2 Å². The Bertz CT molecular complexity index is 1550. The van der Waals surface area contributed by atoms with Crippen LogP contribution < -0.4 is 19.5 Å². The molecule has 0 saturated heterocycles. The zero-order valence-electron chi connectivity index (χ0n) is 18.6. The quantitative estimate of drug-likeness (QED) is 0.432.